The predicted molar refractivity (Wildman–Crippen MR) is 90.4 cm³/mol. The number of nitrogens with zero attached hydrogens (tertiary/aromatic N) is 1. The van der Waals surface area contributed by atoms with Crippen molar-refractivity contribution >= 4 is 10.0 Å². The molecule has 6 heteroatoms. The summed E-state index contributed by atoms with van der Waals surface area (Å²) in [5, 5.41) is 3.37. The second kappa shape index (κ2) is 6.07. The number of nitrogens with one attached hydrogen (secondary N) is 1. The molecule has 23 heavy (non-hydrogen) atoms. The Labute approximate surface area is 139 Å². The molecule has 0 unspecified atom stereocenters. The third-order valence-corrected chi connectivity index (χ3v) is 7.12. The van der Waals surface area contributed by atoms with Gasteiger partial charge in [-0.15, -0.1) is 0 Å². The number of aryl methyl sites for hydroxylation is 2. The summed E-state index contributed by atoms with van der Waals surface area (Å²) >= 11 is 0. The van der Waals surface area contributed by atoms with Crippen LogP contribution in [0.15, 0.2) is 17.0 Å². The zero-order chi connectivity index (χ0) is 16.7. The Kier molecular flexibility index (Phi) is 4.42. The first kappa shape index (κ1) is 16.7. The van der Waals surface area contributed by atoms with Crippen LogP contribution in [0.2, 0.25) is 0 Å². The predicted octanol–water partition coefficient (Wildman–Crippen LogP) is 2.08. The van der Waals surface area contributed by atoms with Crippen molar-refractivity contribution in [3.8, 4) is 5.75 Å². The Hall–Kier alpha value is -1.11. The highest BCUT2D eigenvalue weighted by Crippen LogP contribution is 2.42. The molecule has 2 aliphatic rings. The molecule has 0 atom stereocenters. The van der Waals surface area contributed by atoms with E-state index in [1.165, 1.54) is 7.11 Å². The summed E-state index contributed by atoms with van der Waals surface area (Å²) in [6, 6.07) is 3.69. The minimum Gasteiger partial charge on any atom is -0.495 e. The van der Waals surface area contributed by atoms with Gasteiger partial charge in [0.1, 0.15) is 10.6 Å². The van der Waals surface area contributed by atoms with Crippen LogP contribution in [0, 0.1) is 19.3 Å². The molecular formula is C17H26N2O3S. The monoisotopic (exact) mass is 338 g/mol. The van der Waals surface area contributed by atoms with Crippen molar-refractivity contribution in [2.24, 2.45) is 5.41 Å². The molecule has 0 saturated carbocycles. The summed E-state index contributed by atoms with van der Waals surface area (Å²) < 4.78 is 33.4. The molecule has 0 aromatic heterocycles. The number of benzene rings is 1. The van der Waals surface area contributed by atoms with E-state index >= 15 is 0 Å². The van der Waals surface area contributed by atoms with Gasteiger partial charge in [0.25, 0.3) is 0 Å². The summed E-state index contributed by atoms with van der Waals surface area (Å²) in [5.41, 5.74) is 1.96. The zero-order valence-electron chi connectivity index (χ0n) is 14.2. The Bertz CT molecular complexity index is 694. The molecule has 3 rings (SSSR count). The highest BCUT2D eigenvalue weighted by Gasteiger charge is 2.44. The van der Waals surface area contributed by atoms with Crippen LogP contribution in [0.4, 0.5) is 0 Å². The van der Waals surface area contributed by atoms with Crippen molar-refractivity contribution in [2.75, 3.05) is 33.3 Å². The van der Waals surface area contributed by atoms with Gasteiger partial charge in [-0.05, 0) is 68.8 Å². The lowest BCUT2D eigenvalue weighted by Gasteiger charge is -2.33. The molecule has 0 amide bonds. The van der Waals surface area contributed by atoms with Crippen LogP contribution in [0.3, 0.4) is 0 Å². The van der Waals surface area contributed by atoms with Gasteiger partial charge >= 0.3 is 0 Å². The number of rotatable bonds is 3. The lowest BCUT2D eigenvalue weighted by atomic mass is 9.78. The summed E-state index contributed by atoms with van der Waals surface area (Å²) in [6.07, 6.45) is 3.08. The maximum absolute atomic E-state index is 13.2. The fourth-order valence-corrected chi connectivity index (χ4v) is 5.84. The van der Waals surface area contributed by atoms with Crippen LogP contribution in [0.1, 0.15) is 30.4 Å². The van der Waals surface area contributed by atoms with Gasteiger partial charge in [-0.3, -0.25) is 0 Å². The zero-order valence-corrected chi connectivity index (χ0v) is 15.0. The molecule has 1 N–H and O–H groups in total. The number of hydrogen-bond acceptors (Lipinski definition) is 4. The van der Waals surface area contributed by atoms with Gasteiger partial charge in [0.05, 0.1) is 7.11 Å². The fraction of sp³-hybridized carbons (Fsp3) is 0.647. The molecule has 2 saturated heterocycles. The summed E-state index contributed by atoms with van der Waals surface area (Å²) in [5.74, 6) is 0.474. The van der Waals surface area contributed by atoms with Crippen LogP contribution >= 0.6 is 0 Å². The fourth-order valence-electron chi connectivity index (χ4n) is 3.97. The van der Waals surface area contributed by atoms with Gasteiger partial charge in [0.15, 0.2) is 0 Å². The molecule has 1 spiro atoms. The summed E-state index contributed by atoms with van der Waals surface area (Å²) in [4.78, 5) is 0.309. The Morgan fingerprint density at radius 2 is 1.87 bits per heavy atom. The summed E-state index contributed by atoms with van der Waals surface area (Å²) in [7, 11) is -1.98. The average molecular weight is 338 g/mol. The van der Waals surface area contributed by atoms with E-state index in [1.54, 1.807) is 10.4 Å². The molecule has 5 nitrogen and oxygen atoms in total. The highest BCUT2D eigenvalue weighted by atomic mass is 32.2. The van der Waals surface area contributed by atoms with E-state index in [1.807, 2.05) is 19.9 Å². The Balaban J connectivity index is 1.94. The first-order valence-corrected chi connectivity index (χ1v) is 9.68. The van der Waals surface area contributed by atoms with E-state index in [-0.39, 0.29) is 5.41 Å². The van der Waals surface area contributed by atoms with Crippen molar-refractivity contribution in [1.82, 2.24) is 9.62 Å². The molecule has 2 aliphatic heterocycles. The second-order valence-corrected chi connectivity index (χ2v) is 8.86. The molecule has 0 aliphatic carbocycles. The van der Waals surface area contributed by atoms with Crippen LogP contribution in [0.5, 0.6) is 5.75 Å². The third kappa shape index (κ3) is 2.99. The van der Waals surface area contributed by atoms with Crippen molar-refractivity contribution in [1.29, 1.82) is 0 Å². The quantitative estimate of drug-likeness (QED) is 0.917. The number of ether oxygens (including phenoxy) is 1. The van der Waals surface area contributed by atoms with Gasteiger partial charge in [0.2, 0.25) is 10.0 Å². The van der Waals surface area contributed by atoms with Crippen molar-refractivity contribution in [2.45, 2.75) is 38.0 Å². The lowest BCUT2D eigenvalue weighted by Crippen LogP contribution is -2.39. The first-order chi connectivity index (χ1) is 10.9. The van der Waals surface area contributed by atoms with Crippen LogP contribution in [-0.2, 0) is 10.0 Å². The van der Waals surface area contributed by atoms with Gasteiger partial charge < -0.3 is 10.1 Å². The molecular weight excluding hydrogens is 312 g/mol. The normalized spacial score (nSPS) is 21.7. The molecule has 1 aromatic rings. The van der Waals surface area contributed by atoms with E-state index in [2.05, 4.69) is 5.32 Å². The SMILES string of the molecule is COc1c(C)cc(C)cc1S(=O)(=O)N1CCC2(CCNCC2)C1. The topological polar surface area (TPSA) is 58.6 Å². The molecule has 2 fully saturated rings. The van der Waals surface area contributed by atoms with E-state index < -0.39 is 10.0 Å². The second-order valence-electron chi connectivity index (χ2n) is 6.95. The van der Waals surface area contributed by atoms with Gasteiger partial charge in [-0.1, -0.05) is 6.07 Å². The van der Waals surface area contributed by atoms with E-state index in [0.717, 1.165) is 43.5 Å². The number of piperidine rings is 1. The van der Waals surface area contributed by atoms with E-state index in [9.17, 15) is 8.42 Å². The van der Waals surface area contributed by atoms with Crippen molar-refractivity contribution in [3.05, 3.63) is 23.3 Å². The standard InChI is InChI=1S/C17H26N2O3S/c1-13-10-14(2)16(22-3)15(11-13)23(20,21)19-9-6-17(12-19)4-7-18-8-5-17/h10-11,18H,4-9,12H2,1-3H3. The molecule has 1 aromatic carbocycles. The Morgan fingerprint density at radius 3 is 2.52 bits per heavy atom. The van der Waals surface area contributed by atoms with Gasteiger partial charge in [-0.2, -0.15) is 4.31 Å². The maximum Gasteiger partial charge on any atom is 0.246 e. The van der Waals surface area contributed by atoms with Crippen LogP contribution < -0.4 is 10.1 Å². The van der Waals surface area contributed by atoms with Crippen LogP contribution in [-0.4, -0.2) is 46.0 Å². The first-order valence-electron chi connectivity index (χ1n) is 8.24. The minimum absolute atomic E-state index is 0.157. The Morgan fingerprint density at radius 1 is 1.17 bits per heavy atom. The third-order valence-electron chi connectivity index (χ3n) is 5.27. The van der Waals surface area contributed by atoms with Gasteiger partial charge in [-0.25, -0.2) is 8.42 Å². The van der Waals surface area contributed by atoms with Crippen molar-refractivity contribution in [3.63, 3.8) is 0 Å². The molecule has 128 valence electrons. The molecule has 2 heterocycles. The minimum atomic E-state index is -3.51. The van der Waals surface area contributed by atoms with E-state index in [4.69, 9.17) is 4.74 Å². The van der Waals surface area contributed by atoms with Gasteiger partial charge in [0, 0.05) is 13.1 Å². The van der Waals surface area contributed by atoms with Crippen molar-refractivity contribution < 1.29 is 13.2 Å². The number of sulfonamides is 1. The lowest BCUT2D eigenvalue weighted by molar-refractivity contribution is 0.218. The average Bonchev–Trinajstić information content (AvgIpc) is 2.91. The molecule has 0 bridgehead atoms. The number of methoxy groups -OCH3 is 1. The van der Waals surface area contributed by atoms with Crippen LogP contribution in [0.25, 0.3) is 0 Å². The largest absolute Gasteiger partial charge is 0.495 e. The molecule has 0 radical (unpaired) electrons. The smallest absolute Gasteiger partial charge is 0.246 e. The number of hydrogen-bond donors (Lipinski definition) is 1. The summed E-state index contributed by atoms with van der Waals surface area (Å²) in [6.45, 7) is 7.03. The maximum atomic E-state index is 13.2. The highest BCUT2D eigenvalue weighted by molar-refractivity contribution is 7.89. The van der Waals surface area contributed by atoms with E-state index in [0.29, 0.717) is 23.7 Å².